The number of aromatic nitrogens is 3. The predicted molar refractivity (Wildman–Crippen MR) is 121 cm³/mol. The number of fused-ring (bicyclic) bond motifs is 1. The SMILES string of the molecule is CCN1CCN(c2nn3c(NC4CCCCC4)c(-c4cccc(F)c4)nc3s2)CC1. The fourth-order valence-corrected chi connectivity index (χ4v) is 5.48. The third-order valence-electron chi connectivity index (χ3n) is 6.33. The highest BCUT2D eigenvalue weighted by Gasteiger charge is 2.25. The highest BCUT2D eigenvalue weighted by Crippen LogP contribution is 2.35. The van der Waals surface area contributed by atoms with Crippen molar-refractivity contribution in [2.75, 3.05) is 42.9 Å². The first-order chi connectivity index (χ1) is 14.7. The largest absolute Gasteiger partial charge is 0.365 e. The molecule has 1 N–H and O–H groups in total. The van der Waals surface area contributed by atoms with Gasteiger partial charge in [0.1, 0.15) is 11.5 Å². The van der Waals surface area contributed by atoms with Crippen molar-refractivity contribution in [3.05, 3.63) is 30.1 Å². The maximum atomic E-state index is 13.9. The number of benzene rings is 1. The highest BCUT2D eigenvalue weighted by atomic mass is 32.1. The van der Waals surface area contributed by atoms with Gasteiger partial charge in [-0.2, -0.15) is 4.52 Å². The first-order valence-electron chi connectivity index (χ1n) is 11.1. The molecule has 0 atom stereocenters. The minimum absolute atomic E-state index is 0.241. The van der Waals surface area contributed by atoms with E-state index in [1.165, 1.54) is 25.3 Å². The molecule has 2 fully saturated rings. The maximum Gasteiger partial charge on any atom is 0.216 e. The summed E-state index contributed by atoms with van der Waals surface area (Å²) in [5.41, 5.74) is 1.59. The number of nitrogens with zero attached hydrogens (tertiary/aromatic N) is 5. The van der Waals surface area contributed by atoms with Gasteiger partial charge in [-0.25, -0.2) is 9.37 Å². The zero-order chi connectivity index (χ0) is 20.5. The van der Waals surface area contributed by atoms with Crippen LogP contribution in [0.15, 0.2) is 24.3 Å². The lowest BCUT2D eigenvalue weighted by atomic mass is 9.95. The van der Waals surface area contributed by atoms with E-state index in [0.29, 0.717) is 6.04 Å². The Balaban J connectivity index is 1.49. The minimum Gasteiger partial charge on any atom is -0.365 e. The lowest BCUT2D eigenvalue weighted by molar-refractivity contribution is 0.271. The third kappa shape index (κ3) is 3.90. The van der Waals surface area contributed by atoms with E-state index in [0.717, 1.165) is 72.7 Å². The Morgan fingerprint density at radius 2 is 1.93 bits per heavy atom. The Kier molecular flexibility index (Phi) is 5.60. The molecule has 0 radical (unpaired) electrons. The van der Waals surface area contributed by atoms with Crippen molar-refractivity contribution in [2.24, 2.45) is 0 Å². The van der Waals surface area contributed by atoms with Gasteiger partial charge in [0.05, 0.1) is 0 Å². The molecule has 30 heavy (non-hydrogen) atoms. The van der Waals surface area contributed by atoms with Crippen LogP contribution in [-0.2, 0) is 0 Å². The number of hydrogen-bond acceptors (Lipinski definition) is 6. The second kappa shape index (κ2) is 8.51. The molecule has 1 aromatic carbocycles. The van der Waals surface area contributed by atoms with Gasteiger partial charge in [-0.15, -0.1) is 5.10 Å². The van der Waals surface area contributed by atoms with Crippen LogP contribution in [0.4, 0.5) is 15.3 Å². The lowest BCUT2D eigenvalue weighted by Gasteiger charge is -2.33. The fourth-order valence-electron chi connectivity index (χ4n) is 4.53. The summed E-state index contributed by atoms with van der Waals surface area (Å²) in [5.74, 6) is 0.659. The number of anilines is 2. The Bertz CT molecular complexity index is 1000. The van der Waals surface area contributed by atoms with E-state index >= 15 is 0 Å². The zero-order valence-electron chi connectivity index (χ0n) is 17.5. The molecule has 0 amide bonds. The smallest absolute Gasteiger partial charge is 0.216 e. The molecular formula is C22H29FN6S. The second-order valence-corrected chi connectivity index (χ2v) is 9.23. The number of halogens is 1. The summed E-state index contributed by atoms with van der Waals surface area (Å²) in [7, 11) is 0. The summed E-state index contributed by atoms with van der Waals surface area (Å²) in [6.45, 7) is 7.44. The Labute approximate surface area is 180 Å². The maximum absolute atomic E-state index is 13.9. The van der Waals surface area contributed by atoms with Crippen LogP contribution in [0.1, 0.15) is 39.0 Å². The van der Waals surface area contributed by atoms with Crippen LogP contribution in [0.5, 0.6) is 0 Å². The van der Waals surface area contributed by atoms with Gasteiger partial charge in [-0.1, -0.05) is 49.7 Å². The summed E-state index contributed by atoms with van der Waals surface area (Å²) in [4.78, 5) is 10.6. The Hall–Kier alpha value is -2.19. The van der Waals surface area contributed by atoms with Crippen molar-refractivity contribution < 1.29 is 4.39 Å². The Morgan fingerprint density at radius 3 is 2.67 bits per heavy atom. The van der Waals surface area contributed by atoms with Crippen LogP contribution in [0.25, 0.3) is 16.2 Å². The number of nitrogens with one attached hydrogen (secondary N) is 1. The van der Waals surface area contributed by atoms with Crippen LogP contribution in [-0.4, -0.2) is 58.3 Å². The molecule has 0 bridgehead atoms. The van der Waals surface area contributed by atoms with E-state index in [2.05, 4.69) is 22.0 Å². The van der Waals surface area contributed by atoms with E-state index in [1.54, 1.807) is 23.5 Å². The van der Waals surface area contributed by atoms with Gasteiger partial charge in [-0.05, 0) is 31.5 Å². The number of rotatable bonds is 5. The molecule has 5 rings (SSSR count). The van der Waals surface area contributed by atoms with Gasteiger partial charge in [0.15, 0.2) is 5.82 Å². The average molecular weight is 429 g/mol. The summed E-state index contributed by atoms with van der Waals surface area (Å²) >= 11 is 1.62. The predicted octanol–water partition coefficient (Wildman–Crippen LogP) is 4.48. The topological polar surface area (TPSA) is 48.7 Å². The van der Waals surface area contributed by atoms with Crippen molar-refractivity contribution in [3.8, 4) is 11.3 Å². The van der Waals surface area contributed by atoms with Crippen LogP contribution in [0.3, 0.4) is 0 Å². The van der Waals surface area contributed by atoms with Gasteiger partial charge in [0.2, 0.25) is 10.1 Å². The third-order valence-corrected chi connectivity index (χ3v) is 7.30. The van der Waals surface area contributed by atoms with Crippen molar-refractivity contribution in [1.82, 2.24) is 19.5 Å². The second-order valence-electron chi connectivity index (χ2n) is 8.30. The first kappa shape index (κ1) is 19.8. The molecule has 1 saturated carbocycles. The molecule has 6 nitrogen and oxygen atoms in total. The quantitative estimate of drug-likeness (QED) is 0.649. The molecule has 2 aliphatic rings. The van der Waals surface area contributed by atoms with E-state index < -0.39 is 0 Å². The molecule has 1 aliphatic carbocycles. The highest BCUT2D eigenvalue weighted by molar-refractivity contribution is 7.20. The van der Waals surface area contributed by atoms with Crippen molar-refractivity contribution in [3.63, 3.8) is 0 Å². The fraction of sp³-hybridized carbons (Fsp3) is 0.545. The van der Waals surface area contributed by atoms with E-state index in [-0.39, 0.29) is 5.82 Å². The molecule has 8 heteroatoms. The molecular weight excluding hydrogens is 399 g/mol. The molecule has 3 heterocycles. The Morgan fingerprint density at radius 1 is 1.13 bits per heavy atom. The molecule has 3 aromatic rings. The zero-order valence-corrected chi connectivity index (χ0v) is 18.3. The molecule has 1 saturated heterocycles. The van der Waals surface area contributed by atoms with E-state index in [4.69, 9.17) is 10.1 Å². The number of hydrogen-bond donors (Lipinski definition) is 1. The summed E-state index contributed by atoms with van der Waals surface area (Å²) in [6.07, 6.45) is 6.12. The van der Waals surface area contributed by atoms with Gasteiger partial charge in [-0.3, -0.25) is 0 Å². The summed E-state index contributed by atoms with van der Waals surface area (Å²) in [6, 6.07) is 7.12. The van der Waals surface area contributed by atoms with Gasteiger partial charge >= 0.3 is 0 Å². The monoisotopic (exact) mass is 428 g/mol. The molecule has 2 aromatic heterocycles. The van der Waals surface area contributed by atoms with Gasteiger partial charge in [0.25, 0.3) is 0 Å². The minimum atomic E-state index is -0.241. The van der Waals surface area contributed by atoms with Crippen LogP contribution < -0.4 is 10.2 Å². The summed E-state index contributed by atoms with van der Waals surface area (Å²) < 4.78 is 15.9. The molecule has 1 aliphatic heterocycles. The van der Waals surface area contributed by atoms with Crippen molar-refractivity contribution in [2.45, 2.75) is 45.1 Å². The molecule has 160 valence electrons. The van der Waals surface area contributed by atoms with Gasteiger partial charge in [0, 0.05) is 37.8 Å². The number of piperazine rings is 1. The standard InChI is InChI=1S/C22H29FN6S/c1-2-27-11-13-28(14-12-27)22-26-29-20(24-18-9-4-3-5-10-18)19(25-21(29)30-22)16-7-6-8-17(23)15-16/h6-8,15,18,24H,2-5,9-14H2,1H3. The van der Waals surface area contributed by atoms with E-state index in [1.807, 2.05) is 10.6 Å². The average Bonchev–Trinajstić information content (AvgIpc) is 3.34. The molecule has 0 spiro atoms. The van der Waals surface area contributed by atoms with Crippen molar-refractivity contribution in [1.29, 1.82) is 0 Å². The molecule has 0 unspecified atom stereocenters. The van der Waals surface area contributed by atoms with Crippen LogP contribution in [0, 0.1) is 5.82 Å². The van der Waals surface area contributed by atoms with Gasteiger partial charge < -0.3 is 15.1 Å². The lowest BCUT2D eigenvalue weighted by Crippen LogP contribution is -2.46. The van der Waals surface area contributed by atoms with Crippen LogP contribution in [0.2, 0.25) is 0 Å². The van der Waals surface area contributed by atoms with Crippen LogP contribution >= 0.6 is 11.3 Å². The van der Waals surface area contributed by atoms with E-state index in [9.17, 15) is 4.39 Å². The number of imidazole rings is 1. The summed E-state index contributed by atoms with van der Waals surface area (Å²) in [5, 5.41) is 9.68. The van der Waals surface area contributed by atoms with Crippen molar-refractivity contribution >= 4 is 27.2 Å². The number of likely N-dealkylation sites (N-methyl/N-ethyl adjacent to an activating group) is 1. The normalized spacial score (nSPS) is 18.9. The first-order valence-corrected chi connectivity index (χ1v) is 11.9.